The number of hydrogen-bond donors (Lipinski definition) is 3. The SMILES string of the molecule is C[C@H](O)CNc1nccc(-c2cn(C3CCOCC3)nc2-c2cnc3[nH]cc(Cl)c3c2)n1. The first kappa shape index (κ1) is 20.9. The molecule has 1 aliphatic rings. The predicted molar refractivity (Wildman–Crippen MR) is 123 cm³/mol. The first-order valence-corrected chi connectivity index (χ1v) is 11.0. The lowest BCUT2D eigenvalue weighted by atomic mass is 10.1. The Morgan fingerprint density at radius 2 is 2.19 bits per heavy atom. The van der Waals surface area contributed by atoms with Gasteiger partial charge in [0, 0.05) is 61.1 Å². The molecule has 1 saturated heterocycles. The van der Waals surface area contributed by atoms with Gasteiger partial charge in [0.05, 0.1) is 22.9 Å². The van der Waals surface area contributed by atoms with Crippen LogP contribution in [0.3, 0.4) is 0 Å². The summed E-state index contributed by atoms with van der Waals surface area (Å²) in [6.07, 6.45) is 8.58. The maximum Gasteiger partial charge on any atom is 0.223 e. The Kier molecular flexibility index (Phi) is 5.77. The second-order valence-corrected chi connectivity index (χ2v) is 8.37. The number of ether oxygens (including phenoxy) is 1. The normalized spacial score (nSPS) is 15.8. The van der Waals surface area contributed by atoms with E-state index in [0.29, 0.717) is 17.5 Å². The van der Waals surface area contributed by atoms with Crippen LogP contribution in [0.25, 0.3) is 33.5 Å². The third-order valence-electron chi connectivity index (χ3n) is 5.54. The van der Waals surface area contributed by atoms with Crippen LogP contribution in [0.1, 0.15) is 25.8 Å². The van der Waals surface area contributed by atoms with Crippen molar-refractivity contribution in [3.05, 3.63) is 41.9 Å². The van der Waals surface area contributed by atoms with Gasteiger partial charge < -0.3 is 20.1 Å². The minimum atomic E-state index is -0.502. The van der Waals surface area contributed by atoms with Crippen LogP contribution in [0.4, 0.5) is 5.95 Å². The Bertz CT molecular complexity index is 1230. The molecule has 4 aromatic heterocycles. The maximum absolute atomic E-state index is 9.57. The van der Waals surface area contributed by atoms with Crippen molar-refractivity contribution < 1.29 is 9.84 Å². The van der Waals surface area contributed by atoms with E-state index in [-0.39, 0.29) is 6.04 Å². The molecule has 3 N–H and O–H groups in total. The molecular weight excluding hydrogens is 430 g/mol. The zero-order valence-corrected chi connectivity index (χ0v) is 18.4. The number of halogens is 1. The van der Waals surface area contributed by atoms with Gasteiger partial charge in [-0.15, -0.1) is 0 Å². The minimum Gasteiger partial charge on any atom is -0.392 e. The summed E-state index contributed by atoms with van der Waals surface area (Å²) in [5, 5.41) is 19.0. The zero-order chi connectivity index (χ0) is 22.1. The third kappa shape index (κ3) is 4.19. The van der Waals surface area contributed by atoms with Gasteiger partial charge in [0.2, 0.25) is 5.95 Å². The van der Waals surface area contributed by atoms with Gasteiger partial charge in [-0.3, -0.25) is 4.68 Å². The predicted octanol–water partition coefficient (Wildman–Crippen LogP) is 3.68. The van der Waals surface area contributed by atoms with E-state index in [1.54, 1.807) is 25.5 Å². The number of pyridine rings is 1. The van der Waals surface area contributed by atoms with Gasteiger partial charge in [0.1, 0.15) is 11.3 Å². The standard InChI is InChI=1S/C22H24ClN7O2/c1-13(31)9-27-22-24-5-2-19(28-22)17-12-30(15-3-6-32-7-4-15)29-20(17)14-8-16-18(23)11-26-21(16)25-10-14/h2,5,8,10-13,15,31H,3-4,6-7,9H2,1H3,(H,25,26)(H,24,27,28)/t13-/m0/s1. The number of aliphatic hydroxyl groups is 1. The molecule has 0 saturated carbocycles. The minimum absolute atomic E-state index is 0.262. The highest BCUT2D eigenvalue weighted by Crippen LogP contribution is 2.34. The van der Waals surface area contributed by atoms with Crippen molar-refractivity contribution in [2.24, 2.45) is 0 Å². The lowest BCUT2D eigenvalue weighted by molar-refractivity contribution is 0.0663. The topological polar surface area (TPSA) is 114 Å². The lowest BCUT2D eigenvalue weighted by Gasteiger charge is -2.22. The molecular formula is C22H24ClN7O2. The summed E-state index contributed by atoms with van der Waals surface area (Å²) >= 11 is 6.34. The van der Waals surface area contributed by atoms with Gasteiger partial charge in [-0.05, 0) is 31.9 Å². The zero-order valence-electron chi connectivity index (χ0n) is 17.6. The lowest BCUT2D eigenvalue weighted by Crippen LogP contribution is -2.19. The molecule has 0 spiro atoms. The summed E-state index contributed by atoms with van der Waals surface area (Å²) in [5.74, 6) is 0.454. The van der Waals surface area contributed by atoms with E-state index in [0.717, 1.165) is 59.6 Å². The number of aromatic amines is 1. The summed E-state index contributed by atoms with van der Waals surface area (Å²) in [6.45, 7) is 3.53. The Balaban J connectivity index is 1.59. The van der Waals surface area contributed by atoms with Crippen molar-refractivity contribution in [3.8, 4) is 22.5 Å². The second-order valence-electron chi connectivity index (χ2n) is 7.97. The van der Waals surface area contributed by atoms with Crippen molar-refractivity contribution >= 4 is 28.6 Å². The molecule has 1 aliphatic heterocycles. The highest BCUT2D eigenvalue weighted by Gasteiger charge is 2.22. The first-order valence-electron chi connectivity index (χ1n) is 10.6. The molecule has 0 aliphatic carbocycles. The largest absolute Gasteiger partial charge is 0.392 e. The molecule has 166 valence electrons. The van der Waals surface area contributed by atoms with Gasteiger partial charge in [0.15, 0.2) is 0 Å². The van der Waals surface area contributed by atoms with Gasteiger partial charge in [0.25, 0.3) is 0 Å². The highest BCUT2D eigenvalue weighted by molar-refractivity contribution is 6.35. The van der Waals surface area contributed by atoms with E-state index >= 15 is 0 Å². The Morgan fingerprint density at radius 1 is 1.34 bits per heavy atom. The van der Waals surface area contributed by atoms with Crippen LogP contribution in [0, 0.1) is 0 Å². The number of nitrogens with zero attached hydrogens (tertiary/aromatic N) is 5. The summed E-state index contributed by atoms with van der Waals surface area (Å²) in [6, 6.07) is 4.12. The Labute approximate surface area is 189 Å². The fourth-order valence-corrected chi connectivity index (χ4v) is 4.06. The molecule has 0 unspecified atom stereocenters. The van der Waals surface area contributed by atoms with Crippen molar-refractivity contribution in [1.82, 2.24) is 29.7 Å². The fraction of sp³-hybridized carbons (Fsp3) is 0.364. The van der Waals surface area contributed by atoms with E-state index < -0.39 is 6.10 Å². The summed E-state index contributed by atoms with van der Waals surface area (Å²) < 4.78 is 7.54. The number of fused-ring (bicyclic) bond motifs is 1. The van der Waals surface area contributed by atoms with Gasteiger partial charge in [-0.2, -0.15) is 5.10 Å². The first-order chi connectivity index (χ1) is 15.6. The summed E-state index contributed by atoms with van der Waals surface area (Å²) in [4.78, 5) is 16.5. The van der Waals surface area contributed by atoms with Crippen LogP contribution in [0.2, 0.25) is 5.02 Å². The molecule has 0 bridgehead atoms. The van der Waals surface area contributed by atoms with E-state index in [9.17, 15) is 5.11 Å². The number of nitrogens with one attached hydrogen (secondary N) is 2. The molecule has 5 heterocycles. The third-order valence-corrected chi connectivity index (χ3v) is 5.85. The summed E-state index contributed by atoms with van der Waals surface area (Å²) in [7, 11) is 0. The number of hydrogen-bond acceptors (Lipinski definition) is 7. The van der Waals surface area contributed by atoms with Gasteiger partial charge in [-0.25, -0.2) is 15.0 Å². The quantitative estimate of drug-likeness (QED) is 0.408. The van der Waals surface area contributed by atoms with Crippen LogP contribution in [0.5, 0.6) is 0 Å². The molecule has 1 atom stereocenters. The Morgan fingerprint density at radius 3 is 3.00 bits per heavy atom. The molecule has 1 fully saturated rings. The average molecular weight is 454 g/mol. The smallest absolute Gasteiger partial charge is 0.223 e. The number of H-pyrrole nitrogens is 1. The van der Waals surface area contributed by atoms with Crippen LogP contribution in [0.15, 0.2) is 36.9 Å². The molecule has 0 aromatic carbocycles. The highest BCUT2D eigenvalue weighted by atomic mass is 35.5. The molecule has 9 nitrogen and oxygen atoms in total. The monoisotopic (exact) mass is 453 g/mol. The van der Waals surface area contributed by atoms with Crippen molar-refractivity contribution in [1.29, 1.82) is 0 Å². The van der Waals surface area contributed by atoms with E-state index in [1.807, 2.05) is 23.0 Å². The number of aliphatic hydroxyl groups excluding tert-OH is 1. The molecule has 5 rings (SSSR count). The van der Waals surface area contributed by atoms with E-state index in [1.165, 1.54) is 0 Å². The maximum atomic E-state index is 9.57. The van der Waals surface area contributed by atoms with Crippen molar-refractivity contribution in [2.75, 3.05) is 25.1 Å². The van der Waals surface area contributed by atoms with Gasteiger partial charge >= 0.3 is 0 Å². The molecule has 32 heavy (non-hydrogen) atoms. The van der Waals surface area contributed by atoms with E-state index in [4.69, 9.17) is 21.4 Å². The van der Waals surface area contributed by atoms with Crippen LogP contribution >= 0.6 is 11.6 Å². The summed E-state index contributed by atoms with van der Waals surface area (Å²) in [5.41, 5.74) is 3.99. The molecule has 4 aromatic rings. The molecule has 10 heteroatoms. The number of rotatable bonds is 6. The molecule has 0 radical (unpaired) electrons. The van der Waals surface area contributed by atoms with Crippen LogP contribution in [-0.2, 0) is 4.74 Å². The average Bonchev–Trinajstić information content (AvgIpc) is 3.43. The van der Waals surface area contributed by atoms with Gasteiger partial charge in [-0.1, -0.05) is 11.6 Å². The number of anilines is 1. The second kappa shape index (κ2) is 8.85. The Hall–Kier alpha value is -3.01. The number of aromatic nitrogens is 6. The fourth-order valence-electron chi connectivity index (χ4n) is 3.86. The van der Waals surface area contributed by atoms with Crippen molar-refractivity contribution in [3.63, 3.8) is 0 Å². The molecule has 0 amide bonds. The van der Waals surface area contributed by atoms with Crippen LogP contribution in [-0.4, -0.2) is 60.7 Å². The van der Waals surface area contributed by atoms with Crippen molar-refractivity contribution in [2.45, 2.75) is 31.9 Å². The van der Waals surface area contributed by atoms with E-state index in [2.05, 4.69) is 25.3 Å². The van der Waals surface area contributed by atoms with Crippen LogP contribution < -0.4 is 5.32 Å².